The van der Waals surface area contributed by atoms with Crippen molar-refractivity contribution < 1.29 is 4.79 Å². The van der Waals surface area contributed by atoms with Gasteiger partial charge in [0.15, 0.2) is 0 Å². The number of hydrazone groups is 1. The maximum Gasteiger partial charge on any atom is 0.260 e. The molecule has 1 aromatic heterocycles. The van der Waals surface area contributed by atoms with Crippen molar-refractivity contribution in [2.45, 2.75) is 20.4 Å². The maximum absolute atomic E-state index is 12.3. The summed E-state index contributed by atoms with van der Waals surface area (Å²) in [5.41, 5.74) is 5.65. The van der Waals surface area contributed by atoms with Gasteiger partial charge in [0.25, 0.3) is 5.91 Å². The minimum Gasteiger partial charge on any atom is -0.319 e. The number of amides is 1. The van der Waals surface area contributed by atoms with Gasteiger partial charge < -0.3 is 4.57 Å². The standard InChI is InChI=1S/C18H16Cl2N4O/c1-11(14-8-7-13(19)9-15(14)20)22-23-18(25)10-24-12(2)21-16-5-3-4-6-17(16)24/h3-9H,10H2,1-2H3,(H,23,25)/b22-11+. The number of para-hydroxylation sites is 2. The highest BCUT2D eigenvalue weighted by Crippen LogP contribution is 2.21. The van der Waals surface area contributed by atoms with E-state index in [0.29, 0.717) is 15.8 Å². The van der Waals surface area contributed by atoms with Crippen LogP contribution in [0.15, 0.2) is 47.6 Å². The number of aromatic nitrogens is 2. The first-order valence-corrected chi connectivity index (χ1v) is 8.41. The largest absolute Gasteiger partial charge is 0.319 e. The third-order valence-electron chi connectivity index (χ3n) is 3.82. The van der Waals surface area contributed by atoms with E-state index in [4.69, 9.17) is 23.2 Å². The molecule has 0 fully saturated rings. The van der Waals surface area contributed by atoms with Gasteiger partial charge in [0.1, 0.15) is 12.4 Å². The summed E-state index contributed by atoms with van der Waals surface area (Å²) in [7, 11) is 0. The predicted molar refractivity (Wildman–Crippen MR) is 101 cm³/mol. The number of benzene rings is 2. The van der Waals surface area contributed by atoms with Crippen LogP contribution in [0.2, 0.25) is 10.0 Å². The summed E-state index contributed by atoms with van der Waals surface area (Å²) in [5, 5.41) is 5.17. The number of nitrogens with one attached hydrogen (secondary N) is 1. The second-order valence-corrected chi connectivity index (χ2v) is 6.43. The van der Waals surface area contributed by atoms with Crippen LogP contribution in [-0.2, 0) is 11.3 Å². The highest BCUT2D eigenvalue weighted by molar-refractivity contribution is 6.37. The molecule has 1 N–H and O–H groups in total. The van der Waals surface area contributed by atoms with Crippen LogP contribution in [0.3, 0.4) is 0 Å². The maximum atomic E-state index is 12.3. The Morgan fingerprint density at radius 2 is 2.00 bits per heavy atom. The van der Waals surface area contributed by atoms with E-state index in [2.05, 4.69) is 15.5 Å². The van der Waals surface area contributed by atoms with Crippen molar-refractivity contribution in [3.8, 4) is 0 Å². The van der Waals surface area contributed by atoms with E-state index < -0.39 is 0 Å². The molecule has 0 atom stereocenters. The van der Waals surface area contributed by atoms with E-state index in [1.54, 1.807) is 25.1 Å². The van der Waals surface area contributed by atoms with E-state index in [0.717, 1.165) is 22.4 Å². The number of rotatable bonds is 4. The van der Waals surface area contributed by atoms with Gasteiger partial charge in [-0.2, -0.15) is 5.10 Å². The summed E-state index contributed by atoms with van der Waals surface area (Å²) < 4.78 is 1.85. The Bertz CT molecular complexity index is 978. The van der Waals surface area contributed by atoms with E-state index in [1.165, 1.54) is 0 Å². The molecule has 2 aromatic carbocycles. The van der Waals surface area contributed by atoms with Crippen LogP contribution in [0.4, 0.5) is 0 Å². The molecule has 0 bridgehead atoms. The van der Waals surface area contributed by atoms with E-state index in [9.17, 15) is 4.79 Å². The normalized spacial score (nSPS) is 11.8. The van der Waals surface area contributed by atoms with Gasteiger partial charge in [0.2, 0.25) is 0 Å². The van der Waals surface area contributed by atoms with Gasteiger partial charge in [-0.3, -0.25) is 4.79 Å². The van der Waals surface area contributed by atoms with Gasteiger partial charge in [0.05, 0.1) is 21.8 Å². The summed E-state index contributed by atoms with van der Waals surface area (Å²) in [5.74, 6) is 0.536. The van der Waals surface area contributed by atoms with Gasteiger partial charge in [-0.05, 0) is 38.1 Å². The van der Waals surface area contributed by atoms with Crippen LogP contribution >= 0.6 is 23.2 Å². The average molecular weight is 375 g/mol. The van der Waals surface area contributed by atoms with Gasteiger partial charge in [-0.15, -0.1) is 0 Å². The molecular weight excluding hydrogens is 359 g/mol. The first kappa shape index (κ1) is 17.5. The van der Waals surface area contributed by atoms with Crippen LogP contribution in [0, 0.1) is 6.92 Å². The molecule has 7 heteroatoms. The van der Waals surface area contributed by atoms with Gasteiger partial charge in [-0.25, -0.2) is 10.4 Å². The molecule has 0 aliphatic heterocycles. The van der Waals surface area contributed by atoms with Crippen molar-refractivity contribution in [1.82, 2.24) is 15.0 Å². The zero-order valence-corrected chi connectivity index (χ0v) is 15.3. The molecule has 0 spiro atoms. The first-order valence-electron chi connectivity index (χ1n) is 7.66. The van der Waals surface area contributed by atoms with E-state index in [-0.39, 0.29) is 12.5 Å². The number of hydrogen-bond donors (Lipinski definition) is 1. The molecule has 0 aliphatic rings. The zero-order chi connectivity index (χ0) is 18.0. The molecule has 1 heterocycles. The quantitative estimate of drug-likeness (QED) is 0.549. The van der Waals surface area contributed by atoms with Crippen LogP contribution in [0.5, 0.6) is 0 Å². The zero-order valence-electron chi connectivity index (χ0n) is 13.8. The smallest absolute Gasteiger partial charge is 0.260 e. The molecule has 3 aromatic rings. The number of imidazole rings is 1. The lowest BCUT2D eigenvalue weighted by Gasteiger charge is -2.07. The van der Waals surface area contributed by atoms with Gasteiger partial charge in [-0.1, -0.05) is 41.4 Å². The number of carbonyl (C=O) groups is 1. The Balaban J connectivity index is 1.75. The Hall–Kier alpha value is -2.37. The Kier molecular flexibility index (Phi) is 5.06. The van der Waals surface area contributed by atoms with Crippen molar-refractivity contribution in [2.75, 3.05) is 0 Å². The number of fused-ring (bicyclic) bond motifs is 1. The molecule has 0 radical (unpaired) electrons. The lowest BCUT2D eigenvalue weighted by molar-refractivity contribution is -0.121. The third-order valence-corrected chi connectivity index (χ3v) is 4.36. The summed E-state index contributed by atoms with van der Waals surface area (Å²) in [6, 6.07) is 12.8. The van der Waals surface area contributed by atoms with Crippen molar-refractivity contribution in [1.29, 1.82) is 0 Å². The molecule has 0 saturated heterocycles. The highest BCUT2D eigenvalue weighted by Gasteiger charge is 2.11. The number of nitrogens with zero attached hydrogens (tertiary/aromatic N) is 3. The molecule has 3 rings (SSSR count). The van der Waals surface area contributed by atoms with Crippen molar-refractivity contribution >= 4 is 45.9 Å². The van der Waals surface area contributed by atoms with Crippen molar-refractivity contribution in [3.05, 3.63) is 63.9 Å². The predicted octanol–water partition coefficient (Wildman–Crippen LogP) is 4.19. The van der Waals surface area contributed by atoms with Crippen LogP contribution in [0.25, 0.3) is 11.0 Å². The summed E-state index contributed by atoms with van der Waals surface area (Å²) >= 11 is 12.0. The van der Waals surface area contributed by atoms with E-state index in [1.807, 2.05) is 35.8 Å². The van der Waals surface area contributed by atoms with E-state index >= 15 is 0 Å². The molecule has 0 aliphatic carbocycles. The minimum absolute atomic E-state index is 0.136. The minimum atomic E-state index is -0.240. The van der Waals surface area contributed by atoms with Crippen molar-refractivity contribution in [3.63, 3.8) is 0 Å². The molecule has 1 amide bonds. The Morgan fingerprint density at radius 1 is 1.24 bits per heavy atom. The monoisotopic (exact) mass is 374 g/mol. The molecule has 128 valence electrons. The first-order chi connectivity index (χ1) is 12.0. The number of hydrogen-bond acceptors (Lipinski definition) is 3. The average Bonchev–Trinajstić information content (AvgIpc) is 2.88. The Labute approximate surface area is 155 Å². The topological polar surface area (TPSA) is 59.3 Å². The molecule has 0 saturated carbocycles. The fourth-order valence-electron chi connectivity index (χ4n) is 2.56. The SMILES string of the molecule is C/C(=N\NC(=O)Cn1c(C)nc2ccccc21)c1ccc(Cl)cc1Cl. The molecule has 0 unspecified atom stereocenters. The van der Waals surface area contributed by atoms with Crippen molar-refractivity contribution in [2.24, 2.45) is 5.10 Å². The number of carbonyl (C=O) groups excluding carboxylic acids is 1. The summed E-state index contributed by atoms with van der Waals surface area (Å²) in [4.78, 5) is 16.7. The van der Waals surface area contributed by atoms with Crippen LogP contribution in [-0.4, -0.2) is 21.2 Å². The highest BCUT2D eigenvalue weighted by atomic mass is 35.5. The third kappa shape index (κ3) is 3.83. The molecule has 5 nitrogen and oxygen atoms in total. The van der Waals surface area contributed by atoms with Crippen LogP contribution in [0.1, 0.15) is 18.3 Å². The number of aryl methyl sites for hydroxylation is 1. The van der Waals surface area contributed by atoms with Crippen LogP contribution < -0.4 is 5.43 Å². The molecule has 25 heavy (non-hydrogen) atoms. The second kappa shape index (κ2) is 7.25. The summed E-state index contributed by atoms with van der Waals surface area (Å²) in [6.07, 6.45) is 0. The fraction of sp³-hybridized carbons (Fsp3) is 0.167. The van der Waals surface area contributed by atoms with Gasteiger partial charge in [0, 0.05) is 10.6 Å². The van der Waals surface area contributed by atoms with Gasteiger partial charge >= 0.3 is 0 Å². The Morgan fingerprint density at radius 3 is 2.76 bits per heavy atom. The fourth-order valence-corrected chi connectivity index (χ4v) is 3.11. The summed E-state index contributed by atoms with van der Waals surface area (Å²) in [6.45, 7) is 3.78. The number of halogens is 2. The second-order valence-electron chi connectivity index (χ2n) is 5.59. The lowest BCUT2D eigenvalue weighted by atomic mass is 10.1. The lowest BCUT2D eigenvalue weighted by Crippen LogP contribution is -2.24. The molecular formula is C18H16Cl2N4O.